The first-order valence-electron chi connectivity index (χ1n) is 6.14. The predicted octanol–water partition coefficient (Wildman–Crippen LogP) is 2.87. The number of carbonyl (C=O) groups excluding carboxylic acids is 2. The Bertz CT molecular complexity index is 447. The first kappa shape index (κ1) is 17.7. The molecule has 0 saturated carbocycles. The first-order valence-corrected chi connectivity index (χ1v) is 6.14. The van der Waals surface area contributed by atoms with Crippen molar-refractivity contribution in [1.29, 1.82) is 0 Å². The highest BCUT2D eigenvalue weighted by Crippen LogP contribution is 2.05. The van der Waals surface area contributed by atoms with Gasteiger partial charge in [-0.25, -0.2) is 9.59 Å². The number of hydrogen-bond acceptors (Lipinski definition) is 4. The van der Waals surface area contributed by atoms with E-state index >= 15 is 0 Å². The van der Waals surface area contributed by atoms with E-state index in [-0.39, 0.29) is 13.2 Å². The summed E-state index contributed by atoms with van der Waals surface area (Å²) in [5.41, 5.74) is 1.79. The summed E-state index contributed by atoms with van der Waals surface area (Å²) in [7, 11) is 0. The molecule has 20 heavy (non-hydrogen) atoms. The zero-order valence-electron chi connectivity index (χ0n) is 12.2. The summed E-state index contributed by atoms with van der Waals surface area (Å²) >= 11 is 0. The molecule has 0 unspecified atom stereocenters. The van der Waals surface area contributed by atoms with E-state index in [4.69, 9.17) is 9.47 Å². The molecule has 0 fully saturated rings. The quantitative estimate of drug-likeness (QED) is 0.337. The van der Waals surface area contributed by atoms with Crippen molar-refractivity contribution in [3.8, 4) is 0 Å². The van der Waals surface area contributed by atoms with Crippen molar-refractivity contribution >= 4 is 12.1 Å². The normalized spacial score (nSPS) is 11.6. The average molecular weight is 279 g/mol. The summed E-state index contributed by atoms with van der Waals surface area (Å²) in [6, 6.07) is 0. The smallest absolute Gasteiger partial charge is 0.411 e. The van der Waals surface area contributed by atoms with Crippen LogP contribution in [0.15, 0.2) is 48.2 Å². The lowest BCUT2D eigenvalue weighted by molar-refractivity contribution is -0.139. The van der Waals surface area contributed by atoms with Crippen molar-refractivity contribution in [2.75, 3.05) is 13.2 Å². The number of carbonyl (C=O) groups is 2. The molecule has 110 valence electrons. The number of esters is 1. The fourth-order valence-electron chi connectivity index (χ4n) is 1.20. The summed E-state index contributed by atoms with van der Waals surface area (Å²) in [5, 5.41) is 2.59. The van der Waals surface area contributed by atoms with Gasteiger partial charge in [0.05, 0.1) is 0 Å². The number of rotatable bonds is 7. The molecule has 0 aliphatic carbocycles. The molecule has 0 rings (SSSR count). The van der Waals surface area contributed by atoms with Gasteiger partial charge in [0.15, 0.2) is 0 Å². The number of ether oxygens (including phenoxy) is 2. The van der Waals surface area contributed by atoms with Gasteiger partial charge in [-0.3, -0.25) is 5.32 Å². The van der Waals surface area contributed by atoms with Gasteiger partial charge >= 0.3 is 12.1 Å². The molecule has 5 heteroatoms. The Balaban J connectivity index is 4.11. The molecule has 0 radical (unpaired) electrons. The molecule has 0 atom stereocenters. The van der Waals surface area contributed by atoms with Crippen molar-refractivity contribution < 1.29 is 19.1 Å². The van der Waals surface area contributed by atoms with E-state index in [1.54, 1.807) is 32.1 Å². The fourth-order valence-corrected chi connectivity index (χ4v) is 1.20. The number of alkyl carbamates (subject to hydrolysis) is 1. The Morgan fingerprint density at radius 1 is 1.20 bits per heavy atom. The van der Waals surface area contributed by atoms with Crippen LogP contribution in [0.5, 0.6) is 0 Å². The maximum Gasteiger partial charge on any atom is 0.411 e. The lowest BCUT2D eigenvalue weighted by Gasteiger charge is -2.10. The summed E-state index contributed by atoms with van der Waals surface area (Å²) in [4.78, 5) is 22.6. The Morgan fingerprint density at radius 2 is 1.80 bits per heavy atom. The molecule has 1 N–H and O–H groups in total. The highest BCUT2D eigenvalue weighted by molar-refractivity contribution is 5.86. The average Bonchev–Trinajstić information content (AvgIpc) is 2.40. The van der Waals surface area contributed by atoms with Gasteiger partial charge in [0.2, 0.25) is 0 Å². The van der Waals surface area contributed by atoms with Gasteiger partial charge in [-0.1, -0.05) is 31.4 Å². The molecular formula is C15H21NO4. The third-order valence-electron chi connectivity index (χ3n) is 2.22. The Morgan fingerprint density at radius 3 is 2.30 bits per heavy atom. The minimum Gasteiger partial charge on any atom is -0.459 e. The minimum atomic E-state index is -0.610. The lowest BCUT2D eigenvalue weighted by atomic mass is 10.2. The fraction of sp³-hybridized carbons (Fsp3) is 0.333. The van der Waals surface area contributed by atoms with Crippen LogP contribution < -0.4 is 5.32 Å². The molecule has 0 aromatic heterocycles. The molecule has 0 aromatic carbocycles. The Hall–Kier alpha value is -2.30. The number of allylic oxidation sites excluding steroid dienone is 4. The maximum absolute atomic E-state index is 11.5. The molecule has 0 aliphatic heterocycles. The van der Waals surface area contributed by atoms with Crippen molar-refractivity contribution in [2.45, 2.75) is 20.8 Å². The zero-order chi connectivity index (χ0) is 15.5. The van der Waals surface area contributed by atoms with Gasteiger partial charge in [0.25, 0.3) is 0 Å². The van der Waals surface area contributed by atoms with Crippen molar-refractivity contribution in [3.05, 3.63) is 48.2 Å². The summed E-state index contributed by atoms with van der Waals surface area (Å²) in [5.74, 6) is -0.507. The van der Waals surface area contributed by atoms with E-state index in [0.717, 1.165) is 5.57 Å². The maximum atomic E-state index is 11.5. The molecule has 1 amide bonds. The number of amides is 1. The summed E-state index contributed by atoms with van der Waals surface area (Å²) < 4.78 is 9.67. The van der Waals surface area contributed by atoms with E-state index in [9.17, 15) is 9.59 Å². The van der Waals surface area contributed by atoms with Crippen LogP contribution in [0.4, 0.5) is 4.79 Å². The second kappa shape index (κ2) is 9.61. The largest absolute Gasteiger partial charge is 0.459 e. The van der Waals surface area contributed by atoms with Crippen LogP contribution in [0.2, 0.25) is 0 Å². The summed E-state index contributed by atoms with van der Waals surface area (Å²) in [6.45, 7) is 12.2. The SMILES string of the molecule is C=C/C=C(C)\C(=C/C)NC(=O)OCCOC(=O)C(=C)C. The Kier molecular flexibility index (Phi) is 8.50. The van der Waals surface area contributed by atoms with Crippen LogP contribution in [0.3, 0.4) is 0 Å². The van der Waals surface area contributed by atoms with Crippen molar-refractivity contribution in [3.63, 3.8) is 0 Å². The molecule has 0 heterocycles. The second-order valence-electron chi connectivity index (χ2n) is 3.96. The monoisotopic (exact) mass is 279 g/mol. The molecular weight excluding hydrogens is 258 g/mol. The van der Waals surface area contributed by atoms with Crippen LogP contribution in [-0.4, -0.2) is 25.3 Å². The third-order valence-corrected chi connectivity index (χ3v) is 2.22. The van der Waals surface area contributed by atoms with Gasteiger partial charge < -0.3 is 9.47 Å². The molecule has 0 aromatic rings. The highest BCUT2D eigenvalue weighted by Gasteiger charge is 2.07. The number of nitrogens with one attached hydrogen (secondary N) is 1. The molecule has 0 aliphatic rings. The van der Waals surface area contributed by atoms with Crippen molar-refractivity contribution in [2.24, 2.45) is 0 Å². The second-order valence-corrected chi connectivity index (χ2v) is 3.96. The highest BCUT2D eigenvalue weighted by atomic mass is 16.6. The van der Waals surface area contributed by atoms with Gasteiger partial charge in [-0.15, -0.1) is 0 Å². The molecule has 5 nitrogen and oxygen atoms in total. The van der Waals surface area contributed by atoms with Crippen LogP contribution in [0.1, 0.15) is 20.8 Å². The minimum absolute atomic E-state index is 0.00817. The van der Waals surface area contributed by atoms with Gasteiger partial charge in [-0.05, 0) is 26.3 Å². The molecule has 0 saturated heterocycles. The third kappa shape index (κ3) is 7.20. The standard InChI is InChI=1S/C15H21NO4/c1-6-8-12(5)13(7-2)16-15(18)20-10-9-19-14(17)11(3)4/h6-8H,1,3,9-10H2,2,4-5H3,(H,16,18)/b12-8-,13-7+. The van der Waals surface area contributed by atoms with Crippen molar-refractivity contribution in [1.82, 2.24) is 5.32 Å². The van der Waals surface area contributed by atoms with E-state index in [2.05, 4.69) is 18.5 Å². The number of hydrogen-bond donors (Lipinski definition) is 1. The molecule has 0 bridgehead atoms. The predicted molar refractivity (Wildman–Crippen MR) is 78.0 cm³/mol. The topological polar surface area (TPSA) is 64.6 Å². The van der Waals surface area contributed by atoms with E-state index in [0.29, 0.717) is 11.3 Å². The van der Waals surface area contributed by atoms with E-state index in [1.165, 1.54) is 0 Å². The summed E-state index contributed by atoms with van der Waals surface area (Å²) in [6.07, 6.45) is 4.53. The zero-order valence-corrected chi connectivity index (χ0v) is 12.2. The van der Waals surface area contributed by atoms with Gasteiger partial charge in [-0.2, -0.15) is 0 Å². The molecule has 0 spiro atoms. The van der Waals surface area contributed by atoms with Crippen LogP contribution in [-0.2, 0) is 14.3 Å². The van der Waals surface area contributed by atoms with Gasteiger partial charge in [0, 0.05) is 11.3 Å². The van der Waals surface area contributed by atoms with Crippen LogP contribution in [0.25, 0.3) is 0 Å². The van der Waals surface area contributed by atoms with Crippen LogP contribution in [0, 0.1) is 0 Å². The van der Waals surface area contributed by atoms with E-state index in [1.807, 2.05) is 6.92 Å². The first-order chi connectivity index (χ1) is 9.42. The van der Waals surface area contributed by atoms with Gasteiger partial charge in [0.1, 0.15) is 13.2 Å². The van der Waals surface area contributed by atoms with Crippen LogP contribution >= 0.6 is 0 Å². The lowest BCUT2D eigenvalue weighted by Crippen LogP contribution is -2.26. The Labute approximate surface area is 119 Å². The van der Waals surface area contributed by atoms with E-state index < -0.39 is 12.1 Å².